The molecule has 0 fully saturated rings. The maximum Gasteiger partial charge on any atom is 0.146 e. The van der Waals surface area contributed by atoms with Crippen molar-refractivity contribution in [2.75, 3.05) is 20.5 Å². The number of ether oxygens (including phenoxy) is 2. The van der Waals surface area contributed by atoms with Crippen molar-refractivity contribution in [3.8, 4) is 0 Å². The number of carbonyl (C=O) groups excluding carboxylic acids is 2. The third-order valence-corrected chi connectivity index (χ3v) is 2.37. The molecular weight excluding hydrogens is 184 g/mol. The Labute approximate surface area is 82.9 Å². The summed E-state index contributed by atoms with van der Waals surface area (Å²) in [5.41, 5.74) is 0. The Bertz CT molecular complexity index is 206. The molecule has 0 amide bonds. The van der Waals surface area contributed by atoms with Gasteiger partial charge in [-0.3, -0.25) is 0 Å². The lowest BCUT2D eigenvalue weighted by Crippen LogP contribution is -2.24. The lowest BCUT2D eigenvalue weighted by Gasteiger charge is -2.17. The molecule has 4 heteroatoms. The zero-order chi connectivity index (χ0) is 10.4. The zero-order valence-corrected chi connectivity index (χ0v) is 8.09. The zero-order valence-electron chi connectivity index (χ0n) is 8.09. The minimum absolute atomic E-state index is 0.0693. The number of rotatable bonds is 6. The van der Waals surface area contributed by atoms with Crippen LogP contribution >= 0.6 is 0 Å². The smallest absolute Gasteiger partial charge is 0.146 e. The minimum Gasteiger partial charge on any atom is -0.359 e. The molecule has 1 aliphatic rings. The van der Waals surface area contributed by atoms with Crippen LogP contribution in [0.25, 0.3) is 0 Å². The van der Waals surface area contributed by atoms with Crippen LogP contribution < -0.4 is 0 Å². The molecule has 0 saturated heterocycles. The van der Waals surface area contributed by atoms with Crippen molar-refractivity contribution in [1.82, 2.24) is 0 Å². The van der Waals surface area contributed by atoms with Gasteiger partial charge in [0.1, 0.15) is 19.4 Å². The summed E-state index contributed by atoms with van der Waals surface area (Å²) in [7, 11) is 1.53. The second-order valence-corrected chi connectivity index (χ2v) is 3.25. The predicted molar refractivity (Wildman–Crippen MR) is 49.6 cm³/mol. The van der Waals surface area contributed by atoms with E-state index in [2.05, 4.69) is 0 Å². The van der Waals surface area contributed by atoms with E-state index >= 15 is 0 Å². The minimum atomic E-state index is -0.206. The summed E-state index contributed by atoms with van der Waals surface area (Å²) >= 11 is 0. The Balaban J connectivity index is 2.45. The molecule has 4 nitrogen and oxygen atoms in total. The molecule has 3 atom stereocenters. The number of carbonyl (C=O) groups is 2. The van der Waals surface area contributed by atoms with E-state index in [1.54, 1.807) is 12.2 Å². The van der Waals surface area contributed by atoms with Crippen LogP contribution in [0.15, 0.2) is 12.2 Å². The lowest BCUT2D eigenvalue weighted by atomic mass is 9.90. The van der Waals surface area contributed by atoms with Gasteiger partial charge in [0, 0.05) is 24.9 Å². The number of methoxy groups -OCH3 is 1. The Morgan fingerprint density at radius 2 is 1.79 bits per heavy atom. The first kappa shape index (κ1) is 11.1. The monoisotopic (exact) mass is 198 g/mol. The molecule has 0 radical (unpaired) electrons. The Hall–Kier alpha value is -1.00. The van der Waals surface area contributed by atoms with Gasteiger partial charge in [-0.05, 0) is 0 Å². The summed E-state index contributed by atoms with van der Waals surface area (Å²) in [6, 6.07) is 0. The fourth-order valence-electron chi connectivity index (χ4n) is 1.58. The molecule has 1 aliphatic carbocycles. The Kier molecular flexibility index (Phi) is 4.49. The maximum absolute atomic E-state index is 10.7. The van der Waals surface area contributed by atoms with Gasteiger partial charge < -0.3 is 19.1 Å². The molecule has 1 rings (SSSR count). The second-order valence-electron chi connectivity index (χ2n) is 3.25. The summed E-state index contributed by atoms with van der Waals surface area (Å²) in [5, 5.41) is 0. The maximum atomic E-state index is 10.7. The highest BCUT2D eigenvalue weighted by molar-refractivity contribution is 5.65. The average Bonchev–Trinajstić information content (AvgIpc) is 2.60. The van der Waals surface area contributed by atoms with E-state index in [1.165, 1.54) is 7.11 Å². The van der Waals surface area contributed by atoms with E-state index in [0.29, 0.717) is 6.61 Å². The van der Waals surface area contributed by atoms with Gasteiger partial charge in [0.2, 0.25) is 0 Å². The number of allylic oxidation sites excluding steroid dienone is 2. The average molecular weight is 198 g/mol. The molecule has 0 bridgehead atoms. The van der Waals surface area contributed by atoms with Gasteiger partial charge in [0.25, 0.3) is 0 Å². The van der Waals surface area contributed by atoms with E-state index < -0.39 is 0 Å². The molecule has 0 N–H and O–H groups in total. The molecular formula is C10H14O4. The quantitative estimate of drug-likeness (QED) is 0.269. The van der Waals surface area contributed by atoms with Crippen molar-refractivity contribution in [3.63, 3.8) is 0 Å². The molecule has 0 aromatic carbocycles. The summed E-state index contributed by atoms with van der Waals surface area (Å²) in [6.07, 6.45) is 5.21. The summed E-state index contributed by atoms with van der Waals surface area (Å²) in [5.74, 6) is -0.482. The molecule has 0 aliphatic heterocycles. The summed E-state index contributed by atoms with van der Waals surface area (Å²) in [6.45, 7) is 0.557. The summed E-state index contributed by atoms with van der Waals surface area (Å²) < 4.78 is 9.87. The molecule has 78 valence electrons. The largest absolute Gasteiger partial charge is 0.359 e. The molecule has 14 heavy (non-hydrogen) atoms. The first-order chi connectivity index (χ1) is 6.83. The molecule has 0 saturated carbocycles. The van der Waals surface area contributed by atoms with Gasteiger partial charge in [-0.2, -0.15) is 0 Å². The van der Waals surface area contributed by atoms with Crippen molar-refractivity contribution >= 4 is 12.6 Å². The fraction of sp³-hybridized carbons (Fsp3) is 0.600. The Morgan fingerprint density at radius 1 is 1.21 bits per heavy atom. The van der Waals surface area contributed by atoms with Crippen LogP contribution in [0.3, 0.4) is 0 Å². The van der Waals surface area contributed by atoms with Gasteiger partial charge in [-0.1, -0.05) is 12.2 Å². The van der Waals surface area contributed by atoms with E-state index in [9.17, 15) is 9.59 Å². The number of hydrogen-bond donors (Lipinski definition) is 0. The highest BCUT2D eigenvalue weighted by Crippen LogP contribution is 2.28. The van der Waals surface area contributed by atoms with Crippen LogP contribution in [-0.4, -0.2) is 33.1 Å². The van der Waals surface area contributed by atoms with Gasteiger partial charge >= 0.3 is 0 Å². The molecule has 0 aromatic rings. The standard InChI is InChI=1S/C10H14O4/c1-13-7-14-6-10-8(4-11)2-3-9(10)5-12/h2-5,8-10H,6-7H2,1H3/t8-,9+,10?. The molecule has 1 unspecified atom stereocenters. The number of hydrogen-bond acceptors (Lipinski definition) is 4. The van der Waals surface area contributed by atoms with Gasteiger partial charge in [-0.25, -0.2) is 0 Å². The molecule has 0 aromatic heterocycles. The van der Waals surface area contributed by atoms with E-state index in [1.807, 2.05) is 0 Å². The first-order valence-corrected chi connectivity index (χ1v) is 4.49. The highest BCUT2D eigenvalue weighted by Gasteiger charge is 2.31. The first-order valence-electron chi connectivity index (χ1n) is 4.49. The SMILES string of the molecule is COCOCC1[C@H](C=O)C=C[C@@H]1C=O. The van der Waals surface area contributed by atoms with Crippen molar-refractivity contribution in [2.24, 2.45) is 17.8 Å². The van der Waals surface area contributed by atoms with Crippen LogP contribution in [0, 0.1) is 17.8 Å². The number of aldehydes is 2. The fourth-order valence-corrected chi connectivity index (χ4v) is 1.58. The predicted octanol–water partition coefficient (Wildman–Crippen LogP) is 0.423. The van der Waals surface area contributed by atoms with Crippen molar-refractivity contribution in [1.29, 1.82) is 0 Å². The van der Waals surface area contributed by atoms with Gasteiger partial charge in [0.15, 0.2) is 0 Å². The van der Waals surface area contributed by atoms with Crippen LogP contribution in [-0.2, 0) is 19.1 Å². The third-order valence-electron chi connectivity index (χ3n) is 2.37. The molecule has 0 heterocycles. The van der Waals surface area contributed by atoms with E-state index in [0.717, 1.165) is 12.6 Å². The Morgan fingerprint density at radius 3 is 2.21 bits per heavy atom. The van der Waals surface area contributed by atoms with Gasteiger partial charge in [0.05, 0.1) is 6.61 Å². The van der Waals surface area contributed by atoms with Gasteiger partial charge in [-0.15, -0.1) is 0 Å². The van der Waals surface area contributed by atoms with Crippen LogP contribution in [0.2, 0.25) is 0 Å². The third kappa shape index (κ3) is 2.49. The molecule has 0 spiro atoms. The summed E-state index contributed by atoms with van der Waals surface area (Å²) in [4.78, 5) is 21.3. The van der Waals surface area contributed by atoms with E-state index in [-0.39, 0.29) is 24.5 Å². The lowest BCUT2D eigenvalue weighted by molar-refractivity contribution is -0.116. The van der Waals surface area contributed by atoms with Crippen molar-refractivity contribution in [3.05, 3.63) is 12.2 Å². The van der Waals surface area contributed by atoms with Crippen molar-refractivity contribution in [2.45, 2.75) is 0 Å². The van der Waals surface area contributed by atoms with Crippen LogP contribution in [0.5, 0.6) is 0 Å². The topological polar surface area (TPSA) is 52.6 Å². The van der Waals surface area contributed by atoms with Crippen LogP contribution in [0.4, 0.5) is 0 Å². The van der Waals surface area contributed by atoms with E-state index in [4.69, 9.17) is 9.47 Å². The second kappa shape index (κ2) is 5.67. The van der Waals surface area contributed by atoms with Crippen LogP contribution in [0.1, 0.15) is 0 Å². The highest BCUT2D eigenvalue weighted by atomic mass is 16.7. The normalized spacial score (nSPS) is 30.5. The van der Waals surface area contributed by atoms with Crippen molar-refractivity contribution < 1.29 is 19.1 Å².